The van der Waals surface area contributed by atoms with Crippen molar-refractivity contribution in [1.29, 1.82) is 0 Å². The van der Waals surface area contributed by atoms with E-state index in [2.05, 4.69) is 4.99 Å². The fraction of sp³-hybridized carbons (Fsp3) is 0.444. The van der Waals surface area contributed by atoms with E-state index in [-0.39, 0.29) is 8.74 Å². The summed E-state index contributed by atoms with van der Waals surface area (Å²) in [6.45, 7) is 2.92. The van der Waals surface area contributed by atoms with E-state index >= 15 is 0 Å². The molecule has 0 spiro atoms. The molecule has 1 aliphatic heterocycles. The Morgan fingerprint density at radius 1 is 1.40 bits per heavy atom. The third-order valence-corrected chi connectivity index (χ3v) is 2.98. The molecule has 0 atom stereocenters. The summed E-state index contributed by atoms with van der Waals surface area (Å²) in [5.41, 5.74) is -1.78. The van der Waals surface area contributed by atoms with Crippen LogP contribution in [0, 0.1) is 5.41 Å². The average molecular weight is 350 g/mol. The third-order valence-electron chi connectivity index (χ3n) is 1.92. The van der Waals surface area contributed by atoms with Crippen molar-refractivity contribution in [2.45, 2.75) is 20.0 Å². The van der Waals surface area contributed by atoms with E-state index in [9.17, 15) is 13.2 Å². The Kier molecular flexibility index (Phi) is 3.55. The molecule has 0 saturated heterocycles. The van der Waals surface area contributed by atoms with Crippen LogP contribution >= 0.6 is 34.2 Å². The highest BCUT2D eigenvalue weighted by atomic mass is 127. The molecule has 0 N–H and O–H groups in total. The van der Waals surface area contributed by atoms with Crippen LogP contribution in [0.3, 0.4) is 0 Å². The number of hydrogen-bond donors (Lipinski definition) is 0. The van der Waals surface area contributed by atoms with Crippen LogP contribution in [-0.2, 0) is 0 Å². The first-order valence-corrected chi connectivity index (χ1v) is 5.50. The summed E-state index contributed by atoms with van der Waals surface area (Å²) >= 11 is 7.24. The molecule has 0 unspecified atom stereocenters. The predicted octanol–water partition coefficient (Wildman–Crippen LogP) is 4.43. The summed E-state index contributed by atoms with van der Waals surface area (Å²) in [5.74, 6) is 0. The summed E-state index contributed by atoms with van der Waals surface area (Å²) in [4.78, 5) is 3.75. The molecule has 0 aromatic rings. The van der Waals surface area contributed by atoms with Gasteiger partial charge in [0.2, 0.25) is 0 Å². The Hall–Kier alpha value is -0.0400. The van der Waals surface area contributed by atoms with E-state index in [1.165, 1.54) is 26.1 Å². The lowest BCUT2D eigenvalue weighted by atomic mass is 9.85. The second kappa shape index (κ2) is 4.08. The summed E-state index contributed by atoms with van der Waals surface area (Å²) in [5, 5.41) is 0.0618. The maximum absolute atomic E-state index is 12.8. The molecule has 0 aromatic carbocycles. The fourth-order valence-corrected chi connectivity index (χ4v) is 2.95. The molecule has 15 heavy (non-hydrogen) atoms. The molecule has 0 aliphatic carbocycles. The number of aliphatic imine (C=N–C) groups is 1. The highest BCUT2D eigenvalue weighted by Gasteiger charge is 2.44. The van der Waals surface area contributed by atoms with Crippen LogP contribution in [0.1, 0.15) is 13.8 Å². The van der Waals surface area contributed by atoms with Crippen LogP contribution in [0.2, 0.25) is 0 Å². The van der Waals surface area contributed by atoms with Crippen molar-refractivity contribution < 1.29 is 13.2 Å². The molecule has 6 heteroatoms. The van der Waals surface area contributed by atoms with Crippen molar-refractivity contribution in [2.24, 2.45) is 10.4 Å². The summed E-state index contributed by atoms with van der Waals surface area (Å²) in [7, 11) is 0. The first-order chi connectivity index (χ1) is 6.64. The molecule has 0 fully saturated rings. The second-order valence-corrected chi connectivity index (χ2v) is 5.22. The van der Waals surface area contributed by atoms with Gasteiger partial charge in [-0.25, -0.2) is 4.99 Å². The van der Waals surface area contributed by atoms with Crippen molar-refractivity contribution in [2.75, 3.05) is 0 Å². The maximum atomic E-state index is 12.8. The Labute approximate surface area is 104 Å². The van der Waals surface area contributed by atoms with Gasteiger partial charge in [-0.15, -0.1) is 0 Å². The van der Waals surface area contributed by atoms with Crippen molar-refractivity contribution in [3.8, 4) is 0 Å². The average Bonchev–Trinajstić information content (AvgIpc) is 2.05. The van der Waals surface area contributed by atoms with Gasteiger partial charge < -0.3 is 0 Å². The minimum absolute atomic E-state index is 0.0618. The Balaban J connectivity index is 3.40. The van der Waals surface area contributed by atoms with Crippen molar-refractivity contribution >= 4 is 40.4 Å². The highest BCUT2D eigenvalue weighted by molar-refractivity contribution is 14.1. The van der Waals surface area contributed by atoms with Gasteiger partial charge >= 0.3 is 6.18 Å². The van der Waals surface area contributed by atoms with E-state index in [0.717, 1.165) is 0 Å². The number of allylic oxidation sites excluding steroid dienone is 3. The summed E-state index contributed by atoms with van der Waals surface area (Å²) < 4.78 is 38.5. The zero-order valence-electron chi connectivity index (χ0n) is 7.99. The van der Waals surface area contributed by atoms with Gasteiger partial charge in [-0.1, -0.05) is 25.4 Å². The molecule has 0 amide bonds. The van der Waals surface area contributed by atoms with Gasteiger partial charge in [0.25, 0.3) is 0 Å². The van der Waals surface area contributed by atoms with Crippen LogP contribution in [-0.4, -0.2) is 12.4 Å². The van der Waals surface area contributed by atoms with E-state index in [4.69, 9.17) is 11.6 Å². The van der Waals surface area contributed by atoms with Crippen LogP contribution in [0.4, 0.5) is 13.2 Å². The predicted molar refractivity (Wildman–Crippen MR) is 63.3 cm³/mol. The third kappa shape index (κ3) is 2.96. The molecule has 1 rings (SSSR count). The molecule has 0 radical (unpaired) electrons. The molecular weight excluding hydrogens is 341 g/mol. The van der Waals surface area contributed by atoms with Gasteiger partial charge in [0.05, 0.1) is 5.57 Å². The van der Waals surface area contributed by atoms with E-state index < -0.39 is 17.2 Å². The van der Waals surface area contributed by atoms with E-state index in [1.54, 1.807) is 22.6 Å². The van der Waals surface area contributed by atoms with Gasteiger partial charge in [0.15, 0.2) is 0 Å². The Morgan fingerprint density at radius 2 is 1.93 bits per heavy atom. The van der Waals surface area contributed by atoms with Gasteiger partial charge in [0.1, 0.15) is 5.16 Å². The first kappa shape index (κ1) is 13.0. The van der Waals surface area contributed by atoms with Crippen LogP contribution < -0.4 is 0 Å². The molecule has 0 saturated carbocycles. The van der Waals surface area contributed by atoms with Gasteiger partial charge in [-0.2, -0.15) is 13.2 Å². The van der Waals surface area contributed by atoms with E-state index in [1.807, 2.05) is 0 Å². The second-order valence-electron chi connectivity index (χ2n) is 3.67. The number of hydrogen-bond acceptors (Lipinski definition) is 1. The van der Waals surface area contributed by atoms with Crippen LogP contribution in [0.5, 0.6) is 0 Å². The standard InChI is InChI=1S/C9H8ClF3IN/c1-8(2)4-15-6(10)3-5(14)7(8)9(11,12)13/h3-4H,1-2H3. The monoisotopic (exact) mass is 349 g/mol. The Bertz CT molecular complexity index is 366. The number of alkyl halides is 3. The van der Waals surface area contributed by atoms with E-state index in [0.29, 0.717) is 0 Å². The van der Waals surface area contributed by atoms with Crippen molar-refractivity contribution in [1.82, 2.24) is 0 Å². The molecule has 0 aromatic heterocycles. The lowest BCUT2D eigenvalue weighted by molar-refractivity contribution is -0.100. The van der Waals surface area contributed by atoms with Crippen molar-refractivity contribution in [3.05, 3.63) is 20.4 Å². The fourth-order valence-electron chi connectivity index (χ4n) is 1.31. The highest BCUT2D eigenvalue weighted by Crippen LogP contribution is 2.44. The number of nitrogens with zero attached hydrogens (tertiary/aromatic N) is 1. The normalized spacial score (nSPS) is 21.4. The van der Waals surface area contributed by atoms with Gasteiger partial charge in [-0.05, 0) is 28.7 Å². The zero-order chi connectivity index (χ0) is 11.9. The number of halogens is 5. The quantitative estimate of drug-likeness (QED) is 0.453. The van der Waals surface area contributed by atoms with Crippen molar-refractivity contribution in [3.63, 3.8) is 0 Å². The van der Waals surface area contributed by atoms with Crippen LogP contribution in [0.25, 0.3) is 0 Å². The molecule has 0 bridgehead atoms. The zero-order valence-corrected chi connectivity index (χ0v) is 10.9. The number of rotatable bonds is 0. The smallest absolute Gasteiger partial charge is 0.248 e. The molecular formula is C9H8ClF3IN. The largest absolute Gasteiger partial charge is 0.414 e. The molecule has 1 nitrogen and oxygen atoms in total. The topological polar surface area (TPSA) is 12.4 Å². The summed E-state index contributed by atoms with van der Waals surface area (Å²) in [6.07, 6.45) is -1.93. The molecule has 1 heterocycles. The lowest BCUT2D eigenvalue weighted by Crippen LogP contribution is -2.28. The van der Waals surface area contributed by atoms with Crippen LogP contribution in [0.15, 0.2) is 25.4 Å². The minimum atomic E-state index is -4.37. The Morgan fingerprint density at radius 3 is 2.40 bits per heavy atom. The first-order valence-electron chi connectivity index (χ1n) is 4.04. The SMILES string of the molecule is CC1(C)C=NC(Cl)=CC(I)=C1C(F)(F)F. The maximum Gasteiger partial charge on any atom is 0.414 e. The minimum Gasteiger partial charge on any atom is -0.248 e. The summed E-state index contributed by atoms with van der Waals surface area (Å²) in [6, 6.07) is 0. The van der Waals surface area contributed by atoms with Gasteiger partial charge in [0, 0.05) is 15.2 Å². The lowest BCUT2D eigenvalue weighted by Gasteiger charge is -2.25. The molecule has 1 aliphatic rings. The molecule has 84 valence electrons. The van der Waals surface area contributed by atoms with Gasteiger partial charge in [-0.3, -0.25) is 0 Å².